The van der Waals surface area contributed by atoms with Crippen LogP contribution in [0.15, 0.2) is 6.33 Å². The van der Waals surface area contributed by atoms with Crippen molar-refractivity contribution in [3.8, 4) is 0 Å². The molecule has 8 heteroatoms. The van der Waals surface area contributed by atoms with Crippen LogP contribution in [0.25, 0.3) is 11.2 Å². The Morgan fingerprint density at radius 1 is 1.19 bits per heavy atom. The summed E-state index contributed by atoms with van der Waals surface area (Å²) in [6.45, 7) is 1.62. The van der Waals surface area contributed by atoms with Gasteiger partial charge < -0.3 is 25.2 Å². The number of imidazole rings is 1. The number of fused-ring (bicyclic) bond motifs is 1. The van der Waals surface area contributed by atoms with E-state index in [4.69, 9.17) is 0 Å². The maximum atomic E-state index is 10.1. The van der Waals surface area contributed by atoms with Crippen LogP contribution in [0.4, 0.5) is 5.82 Å². The summed E-state index contributed by atoms with van der Waals surface area (Å²) in [4.78, 5) is 13.6. The molecule has 0 aromatic carbocycles. The monoisotopic (exact) mass is 360 g/mol. The van der Waals surface area contributed by atoms with Gasteiger partial charge in [0.2, 0.25) is 0 Å². The van der Waals surface area contributed by atoms with Crippen molar-refractivity contribution in [1.29, 1.82) is 0 Å². The summed E-state index contributed by atoms with van der Waals surface area (Å²) < 4.78 is 1.82. The molecular formula is C18H26N5O3. The fourth-order valence-corrected chi connectivity index (χ4v) is 4.21. The van der Waals surface area contributed by atoms with Crippen LogP contribution < -0.4 is 5.32 Å². The van der Waals surface area contributed by atoms with E-state index in [1.807, 2.05) is 11.5 Å². The number of anilines is 1. The van der Waals surface area contributed by atoms with Gasteiger partial charge in [-0.3, -0.25) is 0 Å². The molecule has 2 aromatic rings. The fourth-order valence-electron chi connectivity index (χ4n) is 4.21. The minimum atomic E-state index is -0.995. The molecule has 1 radical (unpaired) electrons. The van der Waals surface area contributed by atoms with Gasteiger partial charge >= 0.3 is 0 Å². The van der Waals surface area contributed by atoms with E-state index in [2.05, 4.69) is 20.3 Å². The molecule has 2 aliphatic rings. The average Bonchev–Trinajstić information content (AvgIpc) is 3.17. The van der Waals surface area contributed by atoms with E-state index in [0.717, 1.165) is 18.7 Å². The van der Waals surface area contributed by atoms with Crippen molar-refractivity contribution in [1.82, 2.24) is 19.5 Å². The van der Waals surface area contributed by atoms with Crippen molar-refractivity contribution in [2.75, 3.05) is 11.9 Å². The first-order valence-corrected chi connectivity index (χ1v) is 9.38. The zero-order chi connectivity index (χ0) is 18.3. The molecule has 2 heterocycles. The Balaban J connectivity index is 1.69. The molecule has 4 atom stereocenters. The van der Waals surface area contributed by atoms with E-state index in [-0.39, 0.29) is 12.6 Å². The third kappa shape index (κ3) is 3.06. The lowest BCUT2D eigenvalue weighted by molar-refractivity contribution is 0.00907. The van der Waals surface area contributed by atoms with Crippen LogP contribution >= 0.6 is 0 Å². The van der Waals surface area contributed by atoms with Gasteiger partial charge in [-0.15, -0.1) is 0 Å². The highest BCUT2D eigenvalue weighted by atomic mass is 16.3. The van der Waals surface area contributed by atoms with Gasteiger partial charge in [0.15, 0.2) is 11.5 Å². The topological polar surface area (TPSA) is 116 Å². The van der Waals surface area contributed by atoms with Crippen molar-refractivity contribution in [3.05, 3.63) is 18.6 Å². The van der Waals surface area contributed by atoms with Gasteiger partial charge in [-0.1, -0.05) is 19.3 Å². The Bertz CT molecular complexity index is 774. The minimum Gasteiger partial charge on any atom is -0.396 e. The number of aromatic nitrogens is 4. The van der Waals surface area contributed by atoms with E-state index >= 15 is 0 Å². The molecule has 2 aliphatic carbocycles. The summed E-state index contributed by atoms with van der Waals surface area (Å²) in [5, 5.41) is 33.3. The number of aliphatic hydroxyl groups excluding tert-OH is 3. The number of rotatable bonds is 4. The van der Waals surface area contributed by atoms with Gasteiger partial charge in [-0.2, -0.15) is 0 Å². The molecule has 2 fully saturated rings. The summed E-state index contributed by atoms with van der Waals surface area (Å²) in [5.41, 5.74) is 1.33. The third-order valence-corrected chi connectivity index (χ3v) is 5.63. The van der Waals surface area contributed by atoms with Gasteiger partial charge in [-0.25, -0.2) is 15.0 Å². The Morgan fingerprint density at radius 2 is 1.96 bits per heavy atom. The highest BCUT2D eigenvalue weighted by molar-refractivity contribution is 5.83. The summed E-state index contributed by atoms with van der Waals surface area (Å²) in [7, 11) is 0. The smallest absolute Gasteiger partial charge is 0.166 e. The van der Waals surface area contributed by atoms with E-state index in [1.54, 1.807) is 12.7 Å². The van der Waals surface area contributed by atoms with E-state index in [9.17, 15) is 15.3 Å². The van der Waals surface area contributed by atoms with Crippen molar-refractivity contribution >= 4 is 17.0 Å². The first-order valence-electron chi connectivity index (χ1n) is 9.38. The van der Waals surface area contributed by atoms with Crippen molar-refractivity contribution < 1.29 is 15.3 Å². The van der Waals surface area contributed by atoms with Gasteiger partial charge in [0.25, 0.3) is 0 Å². The van der Waals surface area contributed by atoms with Gasteiger partial charge in [0.1, 0.15) is 11.3 Å². The quantitative estimate of drug-likeness (QED) is 0.642. The van der Waals surface area contributed by atoms with Crippen molar-refractivity contribution in [2.45, 2.75) is 63.3 Å². The first-order chi connectivity index (χ1) is 12.6. The summed E-state index contributed by atoms with van der Waals surface area (Å²) in [5.74, 6) is 0.877. The second-order valence-electron chi connectivity index (χ2n) is 7.43. The number of nitrogens with zero attached hydrogens (tertiary/aromatic N) is 4. The average molecular weight is 360 g/mol. The van der Waals surface area contributed by atoms with Crippen LogP contribution in [-0.2, 0) is 0 Å². The number of hydrogen-bond donors (Lipinski definition) is 4. The molecule has 141 valence electrons. The maximum absolute atomic E-state index is 10.1. The first kappa shape index (κ1) is 17.6. The summed E-state index contributed by atoms with van der Waals surface area (Å²) in [6.07, 6.45) is 7.32. The molecule has 0 amide bonds. The molecule has 0 spiro atoms. The molecule has 2 aromatic heterocycles. The Morgan fingerprint density at radius 3 is 2.69 bits per heavy atom. The Kier molecular flexibility index (Phi) is 4.81. The molecule has 26 heavy (non-hydrogen) atoms. The van der Waals surface area contributed by atoms with Gasteiger partial charge in [-0.05, 0) is 19.8 Å². The molecule has 0 saturated heterocycles. The molecule has 1 unspecified atom stereocenters. The Labute approximate surface area is 152 Å². The second kappa shape index (κ2) is 7.09. The molecule has 0 aliphatic heterocycles. The summed E-state index contributed by atoms with van der Waals surface area (Å²) >= 11 is 0. The third-order valence-electron chi connectivity index (χ3n) is 5.63. The molecule has 0 bridgehead atoms. The number of nitrogens with one attached hydrogen (secondary N) is 1. The van der Waals surface area contributed by atoms with E-state index in [1.165, 1.54) is 19.3 Å². The number of aliphatic hydroxyl groups is 3. The number of aryl methyl sites for hydroxylation is 1. The molecular weight excluding hydrogens is 334 g/mol. The van der Waals surface area contributed by atoms with Crippen LogP contribution in [0, 0.1) is 19.3 Å². The lowest BCUT2D eigenvalue weighted by Gasteiger charge is -2.24. The molecule has 8 nitrogen and oxygen atoms in total. The van der Waals surface area contributed by atoms with Gasteiger partial charge in [0.05, 0.1) is 25.1 Å². The largest absolute Gasteiger partial charge is 0.396 e. The van der Waals surface area contributed by atoms with E-state index < -0.39 is 18.1 Å². The highest BCUT2D eigenvalue weighted by Crippen LogP contribution is 2.37. The Hall–Kier alpha value is -1.77. The lowest BCUT2D eigenvalue weighted by atomic mass is 9.95. The van der Waals surface area contributed by atoms with Crippen LogP contribution in [0.5, 0.6) is 0 Å². The molecule has 2 saturated carbocycles. The molecule has 4 rings (SSSR count). The predicted molar refractivity (Wildman–Crippen MR) is 96.5 cm³/mol. The summed E-state index contributed by atoms with van der Waals surface area (Å²) in [6, 6.07) is 0.0325. The van der Waals surface area contributed by atoms with Crippen molar-refractivity contribution in [3.63, 3.8) is 0 Å². The number of hydrogen-bond acceptors (Lipinski definition) is 7. The SMILES string of the molecule is Cc1nc(NC2CCCCC2)c2ncn(C3[CH][C@H](O)[C@H](O)[C@H]3CO)c2n1. The standard InChI is InChI=1S/C18H26N5O3/c1-10-20-17(22-11-5-3-2-4-6-11)15-18(21-10)23(9-19-15)13-7-14(25)16(26)12(13)8-24/h7,9,11-14,16,24-26H,2-6,8H2,1H3,(H,20,21,22)/t12-,13?,14-,16+/m0/s1. The zero-order valence-corrected chi connectivity index (χ0v) is 14.9. The normalized spacial score (nSPS) is 30.2. The fraction of sp³-hybridized carbons (Fsp3) is 0.667. The minimum absolute atomic E-state index is 0.226. The van der Waals surface area contributed by atoms with E-state index in [0.29, 0.717) is 23.0 Å². The van der Waals surface area contributed by atoms with Crippen molar-refractivity contribution in [2.24, 2.45) is 5.92 Å². The predicted octanol–water partition coefficient (Wildman–Crippen LogP) is 0.969. The van der Waals surface area contributed by atoms with Crippen LogP contribution in [0.2, 0.25) is 0 Å². The second-order valence-corrected chi connectivity index (χ2v) is 7.43. The van der Waals surface area contributed by atoms with Crippen LogP contribution in [0.3, 0.4) is 0 Å². The molecule has 4 N–H and O–H groups in total. The van der Waals surface area contributed by atoms with Crippen LogP contribution in [-0.4, -0.2) is 59.7 Å². The van der Waals surface area contributed by atoms with Crippen LogP contribution in [0.1, 0.15) is 44.0 Å². The van der Waals surface area contributed by atoms with Gasteiger partial charge in [0, 0.05) is 24.4 Å². The zero-order valence-electron chi connectivity index (χ0n) is 14.9. The maximum Gasteiger partial charge on any atom is 0.166 e. The lowest BCUT2D eigenvalue weighted by Crippen LogP contribution is -2.29. The highest BCUT2D eigenvalue weighted by Gasteiger charge is 2.43.